The van der Waals surface area contributed by atoms with Crippen molar-refractivity contribution in [1.29, 1.82) is 0 Å². The van der Waals surface area contributed by atoms with Gasteiger partial charge in [-0.25, -0.2) is 4.79 Å². The molecule has 6 heteroatoms. The van der Waals surface area contributed by atoms with Gasteiger partial charge in [-0.3, -0.25) is 4.79 Å². The van der Waals surface area contributed by atoms with E-state index in [2.05, 4.69) is 5.32 Å². The summed E-state index contributed by atoms with van der Waals surface area (Å²) in [5, 5.41) is 14.4. The van der Waals surface area contributed by atoms with Crippen molar-refractivity contribution < 1.29 is 19.4 Å². The first kappa shape index (κ1) is 19.0. The summed E-state index contributed by atoms with van der Waals surface area (Å²) in [6.45, 7) is 4.29. The van der Waals surface area contributed by atoms with E-state index in [9.17, 15) is 14.7 Å². The minimum atomic E-state index is -0.971. The van der Waals surface area contributed by atoms with Gasteiger partial charge in [0.15, 0.2) is 0 Å². The second-order valence-electron chi connectivity index (χ2n) is 7.07. The third-order valence-electron chi connectivity index (χ3n) is 5.17. The number of aromatic carboxylic acids is 1. The minimum absolute atomic E-state index is 0.00650. The summed E-state index contributed by atoms with van der Waals surface area (Å²) in [4.78, 5) is 26.2. The molecule has 6 nitrogen and oxygen atoms in total. The summed E-state index contributed by atoms with van der Waals surface area (Å²) in [6.07, 6.45) is 0. The number of carbonyl (C=O) groups is 2. The average molecular weight is 390 g/mol. The lowest BCUT2D eigenvalue weighted by molar-refractivity contribution is 0.0304. The maximum atomic E-state index is 13.1. The zero-order valence-corrected chi connectivity index (χ0v) is 16.1. The van der Waals surface area contributed by atoms with Crippen molar-refractivity contribution in [3.8, 4) is 0 Å². The van der Waals surface area contributed by atoms with E-state index in [4.69, 9.17) is 4.74 Å². The van der Waals surface area contributed by atoms with Crippen LogP contribution in [0.1, 0.15) is 26.3 Å². The van der Waals surface area contributed by atoms with Gasteiger partial charge >= 0.3 is 5.97 Å². The average Bonchev–Trinajstić information content (AvgIpc) is 2.74. The highest BCUT2D eigenvalue weighted by atomic mass is 16.5. The molecule has 1 amide bonds. The van der Waals surface area contributed by atoms with Crippen LogP contribution in [0.15, 0.2) is 54.6 Å². The van der Waals surface area contributed by atoms with E-state index in [1.165, 1.54) is 0 Å². The molecule has 1 aliphatic heterocycles. The zero-order chi connectivity index (χ0) is 20.4. The van der Waals surface area contributed by atoms with Gasteiger partial charge in [-0.15, -0.1) is 0 Å². The Balaban J connectivity index is 1.75. The van der Waals surface area contributed by atoms with Crippen LogP contribution in [0.4, 0.5) is 11.4 Å². The maximum Gasteiger partial charge on any atom is 0.335 e. The first-order chi connectivity index (χ1) is 14.0. The van der Waals surface area contributed by atoms with Crippen molar-refractivity contribution in [3.63, 3.8) is 0 Å². The Morgan fingerprint density at radius 1 is 1.03 bits per heavy atom. The van der Waals surface area contributed by atoms with Gasteiger partial charge in [0.05, 0.1) is 18.8 Å². The predicted molar refractivity (Wildman–Crippen MR) is 112 cm³/mol. The van der Waals surface area contributed by atoms with Gasteiger partial charge in [-0.2, -0.15) is 0 Å². The molecule has 1 aliphatic rings. The van der Waals surface area contributed by atoms with Crippen molar-refractivity contribution in [2.24, 2.45) is 0 Å². The van der Waals surface area contributed by atoms with Gasteiger partial charge in [0.1, 0.15) is 0 Å². The third kappa shape index (κ3) is 3.79. The lowest BCUT2D eigenvalue weighted by Gasteiger charge is -2.27. The van der Waals surface area contributed by atoms with Gasteiger partial charge in [0, 0.05) is 35.4 Å². The number of rotatable bonds is 4. The Morgan fingerprint density at radius 3 is 2.55 bits per heavy atom. The van der Waals surface area contributed by atoms with Crippen molar-refractivity contribution in [1.82, 2.24) is 4.90 Å². The Hall–Kier alpha value is -3.38. The summed E-state index contributed by atoms with van der Waals surface area (Å²) in [5.74, 6) is -0.965. The van der Waals surface area contributed by atoms with Crippen LogP contribution in [0.5, 0.6) is 0 Å². The number of ether oxygens (including phenoxy) is 1. The first-order valence-electron chi connectivity index (χ1n) is 9.54. The van der Waals surface area contributed by atoms with Crippen LogP contribution in [0.2, 0.25) is 0 Å². The number of aryl methyl sites for hydroxylation is 1. The summed E-state index contributed by atoms with van der Waals surface area (Å²) in [7, 11) is 0. The summed E-state index contributed by atoms with van der Waals surface area (Å²) >= 11 is 0. The molecular weight excluding hydrogens is 368 g/mol. The fraction of sp³-hybridized carbons (Fsp3) is 0.217. The van der Waals surface area contributed by atoms with Crippen molar-refractivity contribution in [2.75, 3.05) is 31.6 Å². The van der Waals surface area contributed by atoms with Gasteiger partial charge < -0.3 is 20.1 Å². The number of amides is 1. The van der Waals surface area contributed by atoms with Crippen LogP contribution >= 0.6 is 0 Å². The molecular formula is C23H22N2O4. The van der Waals surface area contributed by atoms with Crippen molar-refractivity contribution >= 4 is 34.0 Å². The quantitative estimate of drug-likeness (QED) is 0.702. The standard InChI is InChI=1S/C23H22N2O4/c1-15-4-2-7-18-20(24-17-6-3-5-16(14-17)23(27)28)9-8-19(21(15)18)22(26)25-10-12-29-13-11-25/h2-9,14,24H,10-13H2,1H3,(H,27,28). The first-order valence-corrected chi connectivity index (χ1v) is 9.54. The summed E-state index contributed by atoms with van der Waals surface area (Å²) in [5.41, 5.74) is 3.41. The molecule has 0 spiro atoms. The van der Waals surface area contributed by atoms with Crippen LogP contribution in [0.3, 0.4) is 0 Å². The molecule has 0 aliphatic carbocycles. The number of hydrogen-bond acceptors (Lipinski definition) is 4. The molecule has 2 N–H and O–H groups in total. The second-order valence-corrected chi connectivity index (χ2v) is 7.07. The number of nitrogens with one attached hydrogen (secondary N) is 1. The van der Waals surface area contributed by atoms with E-state index >= 15 is 0 Å². The highest BCUT2D eigenvalue weighted by Crippen LogP contribution is 2.32. The molecule has 0 aromatic heterocycles. The number of carboxylic acids is 1. The lowest BCUT2D eigenvalue weighted by atomic mass is 9.97. The summed E-state index contributed by atoms with van der Waals surface area (Å²) < 4.78 is 5.36. The number of benzene rings is 3. The van der Waals surface area contributed by atoms with E-state index < -0.39 is 5.97 Å². The fourth-order valence-corrected chi connectivity index (χ4v) is 3.70. The number of carbonyl (C=O) groups excluding carboxylic acids is 1. The second kappa shape index (κ2) is 7.93. The molecule has 4 rings (SSSR count). The normalized spacial score (nSPS) is 14.0. The molecule has 0 saturated carbocycles. The molecule has 148 valence electrons. The number of anilines is 2. The topological polar surface area (TPSA) is 78.9 Å². The Labute approximate surface area is 168 Å². The molecule has 29 heavy (non-hydrogen) atoms. The fourth-order valence-electron chi connectivity index (χ4n) is 3.70. The molecule has 1 saturated heterocycles. The van der Waals surface area contributed by atoms with Crippen LogP contribution in [0, 0.1) is 6.92 Å². The molecule has 0 unspecified atom stereocenters. The lowest BCUT2D eigenvalue weighted by Crippen LogP contribution is -2.40. The highest BCUT2D eigenvalue weighted by molar-refractivity contribution is 6.12. The SMILES string of the molecule is Cc1cccc2c(Nc3cccc(C(=O)O)c3)ccc(C(=O)N3CCOCC3)c12. The predicted octanol–water partition coefficient (Wildman–Crippen LogP) is 4.06. The molecule has 0 bridgehead atoms. The third-order valence-corrected chi connectivity index (χ3v) is 5.17. The smallest absolute Gasteiger partial charge is 0.335 e. The van der Waals surface area contributed by atoms with Crippen LogP contribution in [-0.4, -0.2) is 48.2 Å². The Bertz CT molecular complexity index is 1090. The number of fused-ring (bicyclic) bond motifs is 1. The van der Waals surface area contributed by atoms with Crippen molar-refractivity contribution in [2.45, 2.75) is 6.92 Å². The van der Waals surface area contributed by atoms with E-state index in [1.54, 1.807) is 18.2 Å². The highest BCUT2D eigenvalue weighted by Gasteiger charge is 2.22. The zero-order valence-electron chi connectivity index (χ0n) is 16.1. The monoisotopic (exact) mass is 390 g/mol. The molecule has 1 heterocycles. The van der Waals surface area contributed by atoms with E-state index in [-0.39, 0.29) is 11.5 Å². The van der Waals surface area contributed by atoms with Gasteiger partial charge in [0.2, 0.25) is 0 Å². The number of carboxylic acid groups (broad SMARTS) is 1. The molecule has 0 radical (unpaired) electrons. The van der Waals surface area contributed by atoms with Crippen LogP contribution in [0.25, 0.3) is 10.8 Å². The molecule has 1 fully saturated rings. The number of morpholine rings is 1. The molecule has 3 aromatic rings. The number of nitrogens with zero attached hydrogens (tertiary/aromatic N) is 1. The Morgan fingerprint density at radius 2 is 1.79 bits per heavy atom. The largest absolute Gasteiger partial charge is 0.478 e. The van der Waals surface area contributed by atoms with Gasteiger partial charge in [-0.05, 0) is 48.2 Å². The minimum Gasteiger partial charge on any atom is -0.478 e. The van der Waals surface area contributed by atoms with E-state index in [1.807, 2.05) is 48.2 Å². The van der Waals surface area contributed by atoms with Crippen LogP contribution in [-0.2, 0) is 4.74 Å². The molecule has 3 aromatic carbocycles. The molecule has 0 atom stereocenters. The van der Waals surface area contributed by atoms with Crippen molar-refractivity contribution in [3.05, 3.63) is 71.3 Å². The van der Waals surface area contributed by atoms with E-state index in [0.29, 0.717) is 37.6 Å². The number of hydrogen-bond donors (Lipinski definition) is 2. The van der Waals surface area contributed by atoms with Crippen LogP contribution < -0.4 is 5.32 Å². The van der Waals surface area contributed by atoms with E-state index in [0.717, 1.165) is 22.0 Å². The van der Waals surface area contributed by atoms with Gasteiger partial charge in [-0.1, -0.05) is 24.3 Å². The Kier molecular flexibility index (Phi) is 5.18. The van der Waals surface area contributed by atoms with Gasteiger partial charge in [0.25, 0.3) is 5.91 Å². The summed E-state index contributed by atoms with van der Waals surface area (Å²) in [6, 6.07) is 16.3. The maximum absolute atomic E-state index is 13.1.